The van der Waals surface area contributed by atoms with Crippen molar-refractivity contribution >= 4 is 41.2 Å². The Hall–Kier alpha value is -3.44. The van der Waals surface area contributed by atoms with Gasteiger partial charge in [-0.1, -0.05) is 35.8 Å². The molecule has 0 spiro atoms. The number of benzene rings is 5. The topological polar surface area (TPSA) is 129 Å². The average Bonchev–Trinajstić information content (AvgIpc) is 3.31. The van der Waals surface area contributed by atoms with Crippen LogP contribution in [0, 0.1) is 48.5 Å². The minimum Gasteiger partial charge on any atom is -0.872 e. The van der Waals surface area contributed by atoms with Gasteiger partial charge in [0.25, 0.3) is 0 Å². The number of hydrogen-bond donors (Lipinski definition) is 5. The van der Waals surface area contributed by atoms with Crippen molar-refractivity contribution in [1.82, 2.24) is 4.57 Å². The van der Waals surface area contributed by atoms with Crippen LogP contribution in [0.5, 0.6) is 34.5 Å². The van der Waals surface area contributed by atoms with Crippen LogP contribution in [0.2, 0.25) is 0 Å². The van der Waals surface area contributed by atoms with Crippen molar-refractivity contribution in [2.45, 2.75) is 48.5 Å². The number of aryl methyl sites for hydroxylation is 5. The van der Waals surface area contributed by atoms with Gasteiger partial charge in [0.05, 0.1) is 16.4 Å². The SMILES string of the molecule is C=Cc1cc2c(c(O)c1C)c1cc(O)c(C)cc1n2-c1cc(C)cc([O-])c1.[B]c1c(C)cc(C)c(-c2c(C)cc(O)c(C)c2O)c1O.[Cs+]. The molecule has 0 saturated heterocycles. The summed E-state index contributed by atoms with van der Waals surface area (Å²) < 4.78 is 1.96. The summed E-state index contributed by atoms with van der Waals surface area (Å²) >= 11 is 0. The van der Waals surface area contributed by atoms with Crippen molar-refractivity contribution in [2.75, 3.05) is 0 Å². The van der Waals surface area contributed by atoms with Gasteiger partial charge < -0.3 is 35.2 Å². The van der Waals surface area contributed by atoms with E-state index in [1.165, 1.54) is 0 Å². The number of aromatic nitrogens is 1. The summed E-state index contributed by atoms with van der Waals surface area (Å²) in [4.78, 5) is 0. The predicted molar refractivity (Wildman–Crippen MR) is 189 cm³/mol. The van der Waals surface area contributed by atoms with Gasteiger partial charge in [-0.05, 0) is 118 Å². The third-order valence-corrected chi connectivity index (χ3v) is 8.87. The minimum atomic E-state index is -0.0734. The van der Waals surface area contributed by atoms with E-state index in [1.807, 2.05) is 63.5 Å². The molecule has 0 aliphatic carbocycles. The van der Waals surface area contributed by atoms with Crippen LogP contribution in [0.4, 0.5) is 0 Å². The van der Waals surface area contributed by atoms with Crippen molar-refractivity contribution in [3.8, 4) is 51.3 Å². The standard InChI is InChI=1S/C23H21NO3.C16H17BO3.Cs/c1-5-15-9-20-22(23(27)14(15)4)18-11-21(26)13(3)8-19(18)24(20)16-6-12(2)7-17(25)10-16;1-7-5-9(3)14(17)16(20)13(7)12-8(2)6-11(18)10(4)15(12)19;/h5-11,25-27H,1H2,2-4H3;5-6,18-20H,1-4H3;/q;;+1/p-1. The first-order valence-corrected chi connectivity index (χ1v) is 15.1. The number of nitrogens with zero attached hydrogens (tertiary/aromatic N) is 1. The van der Waals surface area contributed by atoms with E-state index in [4.69, 9.17) is 7.85 Å². The quantitative estimate of drug-likeness (QED) is 0.171. The fraction of sp³-hybridized carbons (Fsp3) is 0.179. The van der Waals surface area contributed by atoms with Crippen LogP contribution < -0.4 is 79.5 Å². The number of phenolic OH excluding ortho intramolecular Hbond substituents is 5. The fourth-order valence-electron chi connectivity index (χ4n) is 6.25. The molecule has 0 bridgehead atoms. The van der Waals surface area contributed by atoms with Crippen LogP contribution in [0.15, 0.2) is 55.1 Å². The van der Waals surface area contributed by atoms with Crippen molar-refractivity contribution in [2.24, 2.45) is 0 Å². The van der Waals surface area contributed by atoms with Gasteiger partial charge in [-0.15, -0.1) is 5.75 Å². The molecule has 0 amide bonds. The van der Waals surface area contributed by atoms with E-state index in [1.54, 1.807) is 44.2 Å². The van der Waals surface area contributed by atoms with Crippen LogP contribution in [-0.2, 0) is 0 Å². The van der Waals surface area contributed by atoms with Gasteiger partial charge in [0.2, 0.25) is 0 Å². The van der Waals surface area contributed by atoms with Crippen molar-refractivity contribution in [3.63, 3.8) is 0 Å². The Kier molecular flexibility index (Phi) is 11.1. The molecule has 7 nitrogen and oxygen atoms in total. The zero-order valence-corrected chi connectivity index (χ0v) is 34.9. The average molecular weight is 759 g/mol. The molecule has 238 valence electrons. The molecule has 0 saturated carbocycles. The molecule has 0 atom stereocenters. The summed E-state index contributed by atoms with van der Waals surface area (Å²) in [7, 11) is 5.88. The minimum absolute atomic E-state index is 0. The summed E-state index contributed by atoms with van der Waals surface area (Å²) in [5.74, 6) is 0.205. The Morgan fingerprint density at radius 1 is 0.646 bits per heavy atom. The number of aromatic hydroxyl groups is 5. The van der Waals surface area contributed by atoms with Gasteiger partial charge >= 0.3 is 68.9 Å². The summed E-state index contributed by atoms with van der Waals surface area (Å²) in [6.45, 7) is 16.4. The molecule has 9 heteroatoms. The fourth-order valence-corrected chi connectivity index (χ4v) is 6.25. The van der Waals surface area contributed by atoms with Gasteiger partial charge in [0, 0.05) is 27.8 Å². The van der Waals surface area contributed by atoms with E-state index in [0.717, 1.165) is 55.5 Å². The normalized spacial score (nSPS) is 10.9. The van der Waals surface area contributed by atoms with Crippen molar-refractivity contribution in [1.29, 1.82) is 0 Å². The van der Waals surface area contributed by atoms with Gasteiger partial charge in [-0.25, -0.2) is 0 Å². The molecule has 0 aliphatic heterocycles. The number of rotatable bonds is 3. The van der Waals surface area contributed by atoms with E-state index in [-0.39, 0.29) is 103 Å². The Bertz CT molecular complexity index is 2190. The van der Waals surface area contributed by atoms with Gasteiger partial charge in [0.1, 0.15) is 36.6 Å². The zero-order valence-electron chi connectivity index (χ0n) is 28.6. The second-order valence-electron chi connectivity index (χ2n) is 12.2. The number of hydrogen-bond acceptors (Lipinski definition) is 6. The summed E-state index contributed by atoms with van der Waals surface area (Å²) in [6.07, 6.45) is 1.70. The molecule has 0 fully saturated rings. The third-order valence-electron chi connectivity index (χ3n) is 8.87. The third kappa shape index (κ3) is 6.47. The molecule has 0 unspecified atom stereocenters. The monoisotopic (exact) mass is 759 g/mol. The number of phenols is 5. The first kappa shape index (κ1) is 37.4. The van der Waals surface area contributed by atoms with Gasteiger partial charge in [-0.2, -0.15) is 0 Å². The second kappa shape index (κ2) is 14.2. The molecule has 48 heavy (non-hydrogen) atoms. The Labute approximate surface area is 340 Å². The maximum atomic E-state index is 12.1. The molecule has 2 radical (unpaired) electrons. The molecule has 1 aromatic heterocycles. The summed E-state index contributed by atoms with van der Waals surface area (Å²) in [5.41, 5.74) is 9.41. The van der Waals surface area contributed by atoms with E-state index in [9.17, 15) is 30.6 Å². The van der Waals surface area contributed by atoms with Gasteiger partial charge in [0.15, 0.2) is 0 Å². The maximum Gasteiger partial charge on any atom is 1.00 e. The molecule has 6 rings (SSSR count). The molecule has 6 aromatic rings. The molecular weight excluding hydrogens is 722 g/mol. The number of fused-ring (bicyclic) bond motifs is 3. The van der Waals surface area contributed by atoms with E-state index in [2.05, 4.69) is 6.58 Å². The molecule has 0 aliphatic rings. The van der Waals surface area contributed by atoms with Crippen molar-refractivity contribution < 1.29 is 99.5 Å². The molecule has 5 N–H and O–H groups in total. The Balaban J connectivity index is 0.000000222. The van der Waals surface area contributed by atoms with Crippen molar-refractivity contribution in [3.05, 3.63) is 99.6 Å². The molecule has 1 heterocycles. The summed E-state index contributed by atoms with van der Waals surface area (Å²) in [6, 6.07) is 14.0. The van der Waals surface area contributed by atoms with Gasteiger partial charge in [-0.3, -0.25) is 0 Å². The van der Waals surface area contributed by atoms with E-state index >= 15 is 0 Å². The zero-order chi connectivity index (χ0) is 34.6. The second-order valence-corrected chi connectivity index (χ2v) is 12.2. The molecular formula is C39H37BCsNO6. The summed E-state index contributed by atoms with van der Waals surface area (Å²) in [5, 5.41) is 65.0. The Morgan fingerprint density at radius 2 is 1.27 bits per heavy atom. The van der Waals surface area contributed by atoms with E-state index in [0.29, 0.717) is 33.1 Å². The first-order chi connectivity index (χ1) is 22.1. The van der Waals surface area contributed by atoms with Crippen LogP contribution >= 0.6 is 0 Å². The molecule has 5 aromatic carbocycles. The van der Waals surface area contributed by atoms with E-state index < -0.39 is 0 Å². The largest absolute Gasteiger partial charge is 1.00 e. The smallest absolute Gasteiger partial charge is 0.872 e. The van der Waals surface area contributed by atoms with Crippen LogP contribution in [0.25, 0.3) is 44.7 Å². The Morgan fingerprint density at radius 3 is 1.90 bits per heavy atom. The predicted octanol–water partition coefficient (Wildman–Crippen LogP) is 4.34. The van der Waals surface area contributed by atoms with Crippen LogP contribution in [0.3, 0.4) is 0 Å². The van der Waals surface area contributed by atoms with Crippen LogP contribution in [0.1, 0.15) is 44.5 Å². The maximum absolute atomic E-state index is 12.1. The van der Waals surface area contributed by atoms with Crippen LogP contribution in [-0.4, -0.2) is 37.9 Å². The first-order valence-electron chi connectivity index (χ1n) is 15.1.